The van der Waals surface area contributed by atoms with Gasteiger partial charge in [-0.25, -0.2) is 0 Å². The van der Waals surface area contributed by atoms with Crippen LogP contribution in [0.2, 0.25) is 0 Å². The summed E-state index contributed by atoms with van der Waals surface area (Å²) < 4.78 is 6.10. The minimum absolute atomic E-state index is 0.242. The van der Waals surface area contributed by atoms with Gasteiger partial charge in [0.15, 0.2) is 5.96 Å². The van der Waals surface area contributed by atoms with Gasteiger partial charge in [0.2, 0.25) is 5.91 Å². The predicted octanol–water partition coefficient (Wildman–Crippen LogP) is 3.29. The van der Waals surface area contributed by atoms with Crippen LogP contribution in [0.4, 0.5) is 0 Å². The van der Waals surface area contributed by atoms with Gasteiger partial charge >= 0.3 is 0 Å². The van der Waals surface area contributed by atoms with Crippen molar-refractivity contribution in [1.82, 2.24) is 15.1 Å². The number of hydrogen-bond donors (Lipinski definition) is 1. The summed E-state index contributed by atoms with van der Waals surface area (Å²) >= 11 is 0. The first-order valence-corrected chi connectivity index (χ1v) is 11.2. The molecule has 1 amide bonds. The van der Waals surface area contributed by atoms with Crippen molar-refractivity contribution < 1.29 is 9.53 Å². The molecule has 2 aliphatic heterocycles. The average molecular weight is 401 g/mol. The zero-order chi connectivity index (χ0) is 20.5. The van der Waals surface area contributed by atoms with Gasteiger partial charge in [-0.05, 0) is 45.2 Å². The first-order valence-electron chi connectivity index (χ1n) is 11.2. The number of nitrogens with zero attached hydrogens (tertiary/aromatic N) is 3. The summed E-state index contributed by atoms with van der Waals surface area (Å²) in [5.41, 5.74) is 0. The number of amides is 1. The number of likely N-dealkylation sites (tertiary alicyclic amines) is 2. The van der Waals surface area contributed by atoms with Gasteiger partial charge in [-0.15, -0.1) is 0 Å². The molecule has 1 aromatic carbocycles. The van der Waals surface area contributed by atoms with Gasteiger partial charge in [0, 0.05) is 51.5 Å². The Hall–Kier alpha value is -2.24. The normalized spacial score (nSPS) is 21.2. The molecule has 0 aliphatic carbocycles. The molecule has 6 heteroatoms. The van der Waals surface area contributed by atoms with E-state index in [0.717, 1.165) is 63.6 Å². The van der Waals surface area contributed by atoms with Crippen molar-refractivity contribution in [3.63, 3.8) is 0 Å². The molecule has 2 heterocycles. The first kappa shape index (κ1) is 21.5. The second-order valence-electron chi connectivity index (χ2n) is 8.03. The van der Waals surface area contributed by atoms with Crippen molar-refractivity contribution in [1.29, 1.82) is 0 Å². The van der Waals surface area contributed by atoms with E-state index >= 15 is 0 Å². The number of para-hydroxylation sites is 1. The number of carbonyl (C=O) groups is 1. The van der Waals surface area contributed by atoms with E-state index in [2.05, 4.69) is 24.1 Å². The number of ether oxygens (including phenoxy) is 1. The molecule has 160 valence electrons. The fraction of sp³-hybridized carbons (Fsp3) is 0.652. The lowest BCUT2D eigenvalue weighted by molar-refractivity contribution is -0.134. The van der Waals surface area contributed by atoms with E-state index in [1.807, 2.05) is 35.2 Å². The molecule has 1 N–H and O–H groups in total. The van der Waals surface area contributed by atoms with E-state index in [-0.39, 0.29) is 12.0 Å². The van der Waals surface area contributed by atoms with Crippen LogP contribution in [0, 0.1) is 0 Å². The third-order valence-electron chi connectivity index (χ3n) is 5.83. The minimum atomic E-state index is 0.242. The van der Waals surface area contributed by atoms with Crippen molar-refractivity contribution in [2.75, 3.05) is 32.7 Å². The van der Waals surface area contributed by atoms with E-state index in [1.54, 1.807) is 0 Å². The van der Waals surface area contributed by atoms with Crippen LogP contribution in [-0.4, -0.2) is 66.5 Å². The van der Waals surface area contributed by atoms with E-state index in [9.17, 15) is 4.79 Å². The Bertz CT molecular complexity index is 656. The molecule has 1 aromatic rings. The first-order chi connectivity index (χ1) is 14.2. The third kappa shape index (κ3) is 6.38. The van der Waals surface area contributed by atoms with Crippen LogP contribution in [0.3, 0.4) is 0 Å². The Kier molecular flexibility index (Phi) is 8.20. The largest absolute Gasteiger partial charge is 0.490 e. The summed E-state index contributed by atoms with van der Waals surface area (Å²) in [5, 5.41) is 3.39. The fourth-order valence-corrected chi connectivity index (χ4v) is 4.17. The molecule has 0 bridgehead atoms. The van der Waals surface area contributed by atoms with Gasteiger partial charge in [0.25, 0.3) is 0 Å². The second-order valence-corrected chi connectivity index (χ2v) is 8.03. The summed E-state index contributed by atoms with van der Waals surface area (Å²) in [7, 11) is 0. The molecule has 2 saturated heterocycles. The molecule has 2 aliphatic rings. The number of rotatable bonds is 6. The Morgan fingerprint density at radius 1 is 1.14 bits per heavy atom. The number of nitrogens with one attached hydrogen (secondary N) is 1. The van der Waals surface area contributed by atoms with E-state index in [4.69, 9.17) is 9.73 Å². The minimum Gasteiger partial charge on any atom is -0.490 e. The highest BCUT2D eigenvalue weighted by Crippen LogP contribution is 2.19. The van der Waals surface area contributed by atoms with Gasteiger partial charge < -0.3 is 19.9 Å². The molecular formula is C23H36N4O2. The quantitative estimate of drug-likeness (QED) is 0.588. The SMILES string of the molecule is CCNC(=NCCC(=O)N1CCCCC1C)N1CCC(Oc2ccccc2)CC1. The lowest BCUT2D eigenvalue weighted by Gasteiger charge is -2.34. The van der Waals surface area contributed by atoms with E-state index < -0.39 is 0 Å². The lowest BCUT2D eigenvalue weighted by atomic mass is 10.0. The average Bonchev–Trinajstić information content (AvgIpc) is 2.75. The highest BCUT2D eigenvalue weighted by atomic mass is 16.5. The summed E-state index contributed by atoms with van der Waals surface area (Å²) in [4.78, 5) is 21.6. The fourth-order valence-electron chi connectivity index (χ4n) is 4.17. The lowest BCUT2D eigenvalue weighted by Crippen LogP contribution is -2.47. The molecular weight excluding hydrogens is 364 g/mol. The molecule has 6 nitrogen and oxygen atoms in total. The molecule has 1 unspecified atom stereocenters. The molecule has 0 saturated carbocycles. The number of guanidine groups is 1. The van der Waals surface area contributed by atoms with Crippen LogP contribution in [0.15, 0.2) is 35.3 Å². The molecule has 2 fully saturated rings. The second kappa shape index (κ2) is 11.1. The third-order valence-corrected chi connectivity index (χ3v) is 5.83. The molecule has 3 rings (SSSR count). The predicted molar refractivity (Wildman–Crippen MR) is 117 cm³/mol. The van der Waals surface area contributed by atoms with Crippen molar-refractivity contribution >= 4 is 11.9 Å². The maximum absolute atomic E-state index is 12.5. The summed E-state index contributed by atoms with van der Waals surface area (Å²) in [6.07, 6.45) is 6.18. The summed E-state index contributed by atoms with van der Waals surface area (Å²) in [6.45, 7) is 8.36. The van der Waals surface area contributed by atoms with Crippen LogP contribution < -0.4 is 10.1 Å². The molecule has 0 radical (unpaired) electrons. The topological polar surface area (TPSA) is 57.2 Å². The Morgan fingerprint density at radius 3 is 2.59 bits per heavy atom. The van der Waals surface area contributed by atoms with Crippen molar-refractivity contribution in [2.45, 2.75) is 64.5 Å². The van der Waals surface area contributed by atoms with Crippen molar-refractivity contribution in [3.05, 3.63) is 30.3 Å². The maximum Gasteiger partial charge on any atom is 0.224 e. The Labute approximate surface area is 175 Å². The molecule has 29 heavy (non-hydrogen) atoms. The van der Waals surface area contributed by atoms with Crippen molar-refractivity contribution in [3.8, 4) is 5.75 Å². The number of carbonyl (C=O) groups excluding carboxylic acids is 1. The van der Waals surface area contributed by atoms with E-state index in [0.29, 0.717) is 19.0 Å². The van der Waals surface area contributed by atoms with Gasteiger partial charge in [-0.1, -0.05) is 18.2 Å². The van der Waals surface area contributed by atoms with Crippen molar-refractivity contribution in [2.24, 2.45) is 4.99 Å². The highest BCUT2D eigenvalue weighted by Gasteiger charge is 2.24. The highest BCUT2D eigenvalue weighted by molar-refractivity contribution is 5.81. The number of aliphatic imine (C=N–C) groups is 1. The molecule has 0 spiro atoms. The van der Waals surface area contributed by atoms with Crippen LogP contribution >= 0.6 is 0 Å². The Balaban J connectivity index is 1.47. The zero-order valence-corrected chi connectivity index (χ0v) is 18.0. The molecule has 0 aromatic heterocycles. The van der Waals surface area contributed by atoms with Gasteiger partial charge in [0.05, 0.1) is 6.54 Å². The van der Waals surface area contributed by atoms with Crippen LogP contribution in [0.25, 0.3) is 0 Å². The van der Waals surface area contributed by atoms with Crippen LogP contribution in [-0.2, 0) is 4.79 Å². The van der Waals surface area contributed by atoms with Crippen LogP contribution in [0.5, 0.6) is 5.75 Å². The maximum atomic E-state index is 12.5. The Morgan fingerprint density at radius 2 is 1.90 bits per heavy atom. The van der Waals surface area contributed by atoms with Crippen LogP contribution in [0.1, 0.15) is 52.4 Å². The van der Waals surface area contributed by atoms with Gasteiger partial charge in [-0.3, -0.25) is 9.79 Å². The number of piperidine rings is 2. The smallest absolute Gasteiger partial charge is 0.224 e. The summed E-state index contributed by atoms with van der Waals surface area (Å²) in [5.74, 6) is 2.11. The van der Waals surface area contributed by atoms with Gasteiger partial charge in [-0.2, -0.15) is 0 Å². The standard InChI is InChI=1S/C23H36N4O2/c1-3-24-23(25-15-12-22(28)27-16-8-7-9-19(27)2)26-17-13-21(14-18-26)29-20-10-5-4-6-11-20/h4-6,10-11,19,21H,3,7-9,12-18H2,1-2H3,(H,24,25). The number of hydrogen-bond acceptors (Lipinski definition) is 3. The monoisotopic (exact) mass is 400 g/mol. The summed E-state index contributed by atoms with van der Waals surface area (Å²) in [6, 6.07) is 10.4. The molecule has 1 atom stereocenters. The van der Waals surface area contributed by atoms with E-state index in [1.165, 1.54) is 6.42 Å². The zero-order valence-electron chi connectivity index (χ0n) is 18.0. The number of benzene rings is 1. The van der Waals surface area contributed by atoms with Gasteiger partial charge in [0.1, 0.15) is 11.9 Å².